The molecule has 0 spiro atoms. The van der Waals surface area contributed by atoms with Gasteiger partial charge in [0.15, 0.2) is 11.6 Å². The van der Waals surface area contributed by atoms with Gasteiger partial charge in [-0.2, -0.15) is 14.8 Å². The lowest BCUT2D eigenvalue weighted by atomic mass is 10.0. The van der Waals surface area contributed by atoms with Crippen LogP contribution in [0.2, 0.25) is 0 Å². The van der Waals surface area contributed by atoms with E-state index in [0.29, 0.717) is 40.6 Å². The number of pyridine rings is 2. The van der Waals surface area contributed by atoms with Crippen molar-refractivity contribution in [3.8, 4) is 11.7 Å². The molecule has 0 fully saturated rings. The molecule has 3 heterocycles. The van der Waals surface area contributed by atoms with Crippen molar-refractivity contribution in [2.75, 3.05) is 6.61 Å². The van der Waals surface area contributed by atoms with Crippen LogP contribution in [0.1, 0.15) is 28.5 Å². The maximum absolute atomic E-state index is 13.0. The zero-order chi connectivity index (χ0) is 19.7. The second-order valence-electron chi connectivity index (χ2n) is 6.21. The summed E-state index contributed by atoms with van der Waals surface area (Å²) in [6.45, 7) is 4.11. The molecule has 0 saturated heterocycles. The maximum atomic E-state index is 13.0. The second kappa shape index (κ2) is 7.11. The fourth-order valence-electron chi connectivity index (χ4n) is 3.10. The van der Waals surface area contributed by atoms with Gasteiger partial charge in [-0.05, 0) is 19.9 Å². The maximum Gasteiger partial charge on any atom is 0.215 e. The molecule has 0 saturated carbocycles. The molecule has 0 bridgehead atoms. The topological polar surface area (TPSA) is 89.9 Å². The molecule has 140 valence electrons. The summed E-state index contributed by atoms with van der Waals surface area (Å²) in [5.74, 6) is 0.661. The Morgan fingerprint density at radius 2 is 1.93 bits per heavy atom. The number of H-pyrrole nitrogens is 1. The Morgan fingerprint density at radius 1 is 1.14 bits per heavy atom. The van der Waals surface area contributed by atoms with E-state index in [1.165, 1.54) is 6.20 Å². The van der Waals surface area contributed by atoms with Crippen molar-refractivity contribution >= 4 is 16.8 Å². The molecule has 0 amide bonds. The van der Waals surface area contributed by atoms with Crippen LogP contribution in [0.5, 0.6) is 5.88 Å². The van der Waals surface area contributed by atoms with Crippen LogP contribution in [0.25, 0.3) is 16.9 Å². The molecule has 7 heteroatoms. The number of nitrogens with zero attached hydrogens (tertiary/aromatic N) is 3. The van der Waals surface area contributed by atoms with Crippen molar-refractivity contribution in [2.24, 2.45) is 0 Å². The third-order valence-corrected chi connectivity index (χ3v) is 4.38. The Labute approximate surface area is 160 Å². The average molecular weight is 374 g/mol. The number of ketones is 1. The highest BCUT2D eigenvalue weighted by molar-refractivity contribution is 6.10. The molecule has 0 aliphatic rings. The smallest absolute Gasteiger partial charge is 0.215 e. The molecule has 0 unspecified atom stereocenters. The number of hydrogen-bond acceptors (Lipinski definition) is 5. The predicted octanol–water partition coefficient (Wildman–Crippen LogP) is 3.05. The van der Waals surface area contributed by atoms with Crippen LogP contribution in [-0.2, 0) is 0 Å². The lowest BCUT2D eigenvalue weighted by molar-refractivity contribution is 0.103. The second-order valence-corrected chi connectivity index (χ2v) is 6.21. The van der Waals surface area contributed by atoms with Crippen molar-refractivity contribution < 1.29 is 9.53 Å². The van der Waals surface area contributed by atoms with E-state index in [2.05, 4.69) is 15.1 Å². The van der Waals surface area contributed by atoms with Gasteiger partial charge in [-0.15, -0.1) is 0 Å². The lowest BCUT2D eigenvalue weighted by Gasteiger charge is -2.06. The van der Waals surface area contributed by atoms with E-state index in [1.807, 2.05) is 19.1 Å². The number of benzene rings is 1. The van der Waals surface area contributed by atoms with Crippen molar-refractivity contribution in [3.05, 3.63) is 81.8 Å². The van der Waals surface area contributed by atoms with E-state index in [4.69, 9.17) is 4.74 Å². The normalized spacial score (nSPS) is 10.9. The summed E-state index contributed by atoms with van der Waals surface area (Å²) in [5.41, 5.74) is 1.18. The van der Waals surface area contributed by atoms with Crippen molar-refractivity contribution in [3.63, 3.8) is 0 Å². The number of carbonyl (C=O) groups excluding carboxylic acids is 1. The van der Waals surface area contributed by atoms with Gasteiger partial charge in [0.1, 0.15) is 5.65 Å². The molecule has 0 radical (unpaired) electrons. The average Bonchev–Trinajstić information content (AvgIpc) is 3.06. The molecular weight excluding hydrogens is 356 g/mol. The van der Waals surface area contributed by atoms with Crippen LogP contribution in [0, 0.1) is 6.92 Å². The number of aryl methyl sites for hydroxylation is 1. The number of nitrogens with one attached hydrogen (secondary N) is 1. The quantitative estimate of drug-likeness (QED) is 0.542. The number of rotatable bonds is 5. The van der Waals surface area contributed by atoms with Crippen molar-refractivity contribution in [2.45, 2.75) is 13.8 Å². The number of carbonyl (C=O) groups is 1. The van der Waals surface area contributed by atoms with Gasteiger partial charge < -0.3 is 9.72 Å². The summed E-state index contributed by atoms with van der Waals surface area (Å²) in [5, 5.41) is 4.82. The number of aromatic amines is 1. The first-order valence-corrected chi connectivity index (χ1v) is 8.91. The molecule has 7 nitrogen and oxygen atoms in total. The van der Waals surface area contributed by atoms with Gasteiger partial charge in [0.2, 0.25) is 11.3 Å². The first-order valence-electron chi connectivity index (χ1n) is 8.91. The lowest BCUT2D eigenvalue weighted by Crippen LogP contribution is -2.17. The molecule has 4 rings (SSSR count). The van der Waals surface area contributed by atoms with Gasteiger partial charge in [0.25, 0.3) is 0 Å². The van der Waals surface area contributed by atoms with E-state index in [0.717, 1.165) is 0 Å². The monoisotopic (exact) mass is 374 g/mol. The van der Waals surface area contributed by atoms with Gasteiger partial charge >= 0.3 is 0 Å². The van der Waals surface area contributed by atoms with Crippen molar-refractivity contribution in [1.29, 1.82) is 0 Å². The Kier molecular flexibility index (Phi) is 4.49. The van der Waals surface area contributed by atoms with Gasteiger partial charge in [0.05, 0.1) is 23.3 Å². The predicted molar refractivity (Wildman–Crippen MR) is 105 cm³/mol. The van der Waals surface area contributed by atoms with E-state index in [9.17, 15) is 9.59 Å². The first-order chi connectivity index (χ1) is 13.6. The summed E-state index contributed by atoms with van der Waals surface area (Å²) >= 11 is 0. The summed E-state index contributed by atoms with van der Waals surface area (Å²) in [4.78, 5) is 33.2. The molecule has 4 aromatic rings. The number of ether oxygens (including phenoxy) is 1. The molecule has 0 atom stereocenters. The molecule has 28 heavy (non-hydrogen) atoms. The van der Waals surface area contributed by atoms with E-state index in [1.54, 1.807) is 48.0 Å². The van der Waals surface area contributed by atoms with Crippen molar-refractivity contribution in [1.82, 2.24) is 19.7 Å². The zero-order valence-electron chi connectivity index (χ0n) is 15.5. The summed E-state index contributed by atoms with van der Waals surface area (Å²) in [7, 11) is 0. The van der Waals surface area contributed by atoms with Gasteiger partial charge in [0, 0.05) is 17.8 Å². The Morgan fingerprint density at radius 3 is 2.68 bits per heavy atom. The molecule has 1 N–H and O–H groups in total. The van der Waals surface area contributed by atoms with Crippen LogP contribution in [0.3, 0.4) is 0 Å². The highest BCUT2D eigenvalue weighted by Crippen LogP contribution is 2.19. The third kappa shape index (κ3) is 2.96. The number of hydrogen-bond donors (Lipinski definition) is 1. The molecule has 1 aromatic carbocycles. The van der Waals surface area contributed by atoms with Crippen LogP contribution in [-0.4, -0.2) is 32.1 Å². The Balaban J connectivity index is 1.85. The SMILES string of the molecule is CCOc1cccc(-n2nc(C)c3c(=O)c(C(=O)c4ccccc4)c[nH]c32)n1. The van der Waals surface area contributed by atoms with Crippen LogP contribution in [0.4, 0.5) is 0 Å². The zero-order valence-corrected chi connectivity index (χ0v) is 15.5. The van der Waals surface area contributed by atoms with Gasteiger partial charge in [-0.25, -0.2) is 0 Å². The van der Waals surface area contributed by atoms with Gasteiger partial charge in [-0.1, -0.05) is 36.4 Å². The number of fused-ring (bicyclic) bond motifs is 1. The van der Waals surface area contributed by atoms with Crippen LogP contribution in [0.15, 0.2) is 59.5 Å². The standard InChI is InChI=1S/C21H18N4O3/c1-3-28-17-11-7-10-16(23-17)25-21-18(13(2)24-25)20(27)15(12-22-21)19(26)14-8-5-4-6-9-14/h4-12H,3H2,1-2H3,(H,22,27). The minimum atomic E-state index is -0.354. The van der Waals surface area contributed by atoms with E-state index < -0.39 is 0 Å². The molecule has 3 aromatic heterocycles. The third-order valence-electron chi connectivity index (χ3n) is 4.38. The molecule has 0 aliphatic carbocycles. The minimum Gasteiger partial charge on any atom is -0.478 e. The van der Waals surface area contributed by atoms with E-state index in [-0.39, 0.29) is 16.8 Å². The summed E-state index contributed by atoms with van der Waals surface area (Å²) < 4.78 is 6.99. The fraction of sp³-hybridized carbons (Fsp3) is 0.143. The fourth-order valence-corrected chi connectivity index (χ4v) is 3.10. The highest BCUT2D eigenvalue weighted by Gasteiger charge is 2.20. The number of aromatic nitrogens is 4. The molecule has 0 aliphatic heterocycles. The first kappa shape index (κ1) is 17.7. The largest absolute Gasteiger partial charge is 0.478 e. The Hall–Kier alpha value is -3.74. The molecular formula is C21H18N4O3. The minimum absolute atomic E-state index is 0.0809. The van der Waals surface area contributed by atoms with Gasteiger partial charge in [-0.3, -0.25) is 9.59 Å². The van der Waals surface area contributed by atoms with Crippen LogP contribution < -0.4 is 10.2 Å². The van der Waals surface area contributed by atoms with E-state index >= 15 is 0 Å². The highest BCUT2D eigenvalue weighted by atomic mass is 16.5. The summed E-state index contributed by atoms with van der Waals surface area (Å²) in [6.07, 6.45) is 1.43. The Bertz CT molecular complexity index is 1230. The summed E-state index contributed by atoms with van der Waals surface area (Å²) in [6, 6.07) is 14.1. The van der Waals surface area contributed by atoms with Crippen LogP contribution >= 0.6 is 0 Å².